The first-order valence-electron chi connectivity index (χ1n) is 14.2. The van der Waals surface area contributed by atoms with Crippen molar-refractivity contribution in [3.63, 3.8) is 0 Å². The van der Waals surface area contributed by atoms with Gasteiger partial charge in [0.2, 0.25) is 0 Å². The lowest BCUT2D eigenvalue weighted by molar-refractivity contribution is -0.186. The Morgan fingerprint density at radius 1 is 1.03 bits per heavy atom. The van der Waals surface area contributed by atoms with E-state index < -0.39 is 17.6 Å². The molecule has 0 amide bonds. The standard InChI is InChI=1S/C32H40O7/c1-4-36-27(35)16-15-25-26(34)17-24-28-29(37-18-22-11-7-5-8-12-22)20(2)30(31(24)39-32(25,28)21(3)33)38-19-23-13-9-6-10-14-23/h5-14,20-21,24-25,28-31,33H,4,15-19H2,1-3H3/t20-,21-,24-,25-,28+,29-,30-,31-,32+/m1/s1. The van der Waals surface area contributed by atoms with Crippen molar-refractivity contribution in [1.82, 2.24) is 0 Å². The lowest BCUT2D eigenvalue weighted by atomic mass is 9.55. The summed E-state index contributed by atoms with van der Waals surface area (Å²) in [6.45, 7) is 6.70. The summed E-state index contributed by atoms with van der Waals surface area (Å²) < 4.78 is 25.2. The van der Waals surface area contributed by atoms with Crippen molar-refractivity contribution in [2.24, 2.45) is 23.7 Å². The predicted molar refractivity (Wildman–Crippen MR) is 144 cm³/mol. The van der Waals surface area contributed by atoms with Gasteiger partial charge in [-0.1, -0.05) is 67.6 Å². The third-order valence-corrected chi connectivity index (χ3v) is 8.99. The molecule has 2 aromatic rings. The average molecular weight is 537 g/mol. The fourth-order valence-electron chi connectivity index (χ4n) is 7.33. The van der Waals surface area contributed by atoms with Gasteiger partial charge in [0.25, 0.3) is 0 Å². The second-order valence-corrected chi connectivity index (χ2v) is 11.2. The lowest BCUT2D eigenvalue weighted by Gasteiger charge is -2.51. The molecule has 39 heavy (non-hydrogen) atoms. The Bertz CT molecular complexity index is 1120. The fourth-order valence-corrected chi connectivity index (χ4v) is 7.33. The van der Waals surface area contributed by atoms with Crippen LogP contribution in [0.2, 0.25) is 0 Å². The molecule has 1 heterocycles. The first kappa shape index (κ1) is 28.0. The molecule has 3 fully saturated rings. The number of benzene rings is 2. The summed E-state index contributed by atoms with van der Waals surface area (Å²) >= 11 is 0. The van der Waals surface area contributed by atoms with Gasteiger partial charge in [-0.3, -0.25) is 9.59 Å². The summed E-state index contributed by atoms with van der Waals surface area (Å²) in [6.07, 6.45) is -1.21. The van der Waals surface area contributed by atoms with E-state index in [4.69, 9.17) is 18.9 Å². The van der Waals surface area contributed by atoms with E-state index in [9.17, 15) is 14.7 Å². The number of carbonyl (C=O) groups is 2. The van der Waals surface area contributed by atoms with Gasteiger partial charge in [0, 0.05) is 30.6 Å². The minimum Gasteiger partial charge on any atom is -0.466 e. The van der Waals surface area contributed by atoms with Gasteiger partial charge in [-0.2, -0.15) is 0 Å². The third-order valence-electron chi connectivity index (χ3n) is 8.99. The van der Waals surface area contributed by atoms with Crippen LogP contribution in [0.3, 0.4) is 0 Å². The number of aliphatic hydroxyl groups excluding tert-OH is 1. The Morgan fingerprint density at radius 3 is 2.18 bits per heavy atom. The third kappa shape index (κ3) is 5.30. The first-order chi connectivity index (χ1) is 18.9. The van der Waals surface area contributed by atoms with Crippen molar-refractivity contribution in [3.8, 4) is 0 Å². The molecule has 2 aliphatic carbocycles. The van der Waals surface area contributed by atoms with Crippen LogP contribution in [0.1, 0.15) is 51.2 Å². The molecule has 7 nitrogen and oxygen atoms in total. The van der Waals surface area contributed by atoms with Crippen LogP contribution in [0.25, 0.3) is 0 Å². The maximum atomic E-state index is 13.6. The molecule has 1 N–H and O–H groups in total. The van der Waals surface area contributed by atoms with Crippen molar-refractivity contribution >= 4 is 11.8 Å². The number of hydrogen-bond acceptors (Lipinski definition) is 7. The zero-order valence-electron chi connectivity index (χ0n) is 23.0. The highest BCUT2D eigenvalue weighted by molar-refractivity contribution is 5.85. The van der Waals surface area contributed by atoms with Gasteiger partial charge in [-0.25, -0.2) is 0 Å². The molecular formula is C32H40O7. The number of carbonyl (C=O) groups excluding carboxylic acids is 2. The van der Waals surface area contributed by atoms with Crippen molar-refractivity contribution < 1.29 is 33.6 Å². The highest BCUT2D eigenvalue weighted by Crippen LogP contribution is 2.61. The minimum absolute atomic E-state index is 0.0297. The van der Waals surface area contributed by atoms with Crippen LogP contribution >= 0.6 is 0 Å². The molecule has 0 unspecified atom stereocenters. The molecule has 2 aromatic carbocycles. The second-order valence-electron chi connectivity index (χ2n) is 11.2. The Hall–Kier alpha value is -2.58. The van der Waals surface area contributed by atoms with Gasteiger partial charge in [-0.05, 0) is 31.4 Å². The molecule has 0 spiro atoms. The molecular weight excluding hydrogens is 496 g/mol. The van der Waals surface area contributed by atoms with E-state index in [0.717, 1.165) is 11.1 Å². The molecule has 5 rings (SSSR count). The van der Waals surface area contributed by atoms with Crippen LogP contribution in [0.4, 0.5) is 0 Å². The number of ketones is 1. The number of aliphatic hydroxyl groups is 1. The highest BCUT2D eigenvalue weighted by Gasteiger charge is 2.72. The van der Waals surface area contributed by atoms with E-state index in [2.05, 4.69) is 6.92 Å². The zero-order chi connectivity index (χ0) is 27.6. The molecule has 0 radical (unpaired) electrons. The molecule has 2 saturated carbocycles. The van der Waals surface area contributed by atoms with E-state index in [1.165, 1.54) is 0 Å². The van der Waals surface area contributed by atoms with Gasteiger partial charge in [-0.15, -0.1) is 0 Å². The van der Waals surface area contributed by atoms with E-state index >= 15 is 0 Å². The van der Waals surface area contributed by atoms with Crippen LogP contribution < -0.4 is 0 Å². The normalized spacial score (nSPS) is 34.1. The van der Waals surface area contributed by atoms with E-state index in [1.807, 2.05) is 60.7 Å². The van der Waals surface area contributed by atoms with Crippen molar-refractivity contribution in [1.29, 1.82) is 0 Å². The summed E-state index contributed by atoms with van der Waals surface area (Å²) in [5, 5.41) is 11.4. The molecule has 3 aliphatic rings. The van der Waals surface area contributed by atoms with Crippen LogP contribution in [-0.2, 0) is 41.8 Å². The summed E-state index contributed by atoms with van der Waals surface area (Å²) in [5.41, 5.74) is 0.958. The quantitative estimate of drug-likeness (QED) is 0.423. The SMILES string of the molecule is CCOC(=O)CC[C@@H]1C(=O)C[C@H]2[C@H]3O[C@]1([C@@H](C)O)[C@@H]2[C@H](OCc1ccccc1)[C@@H](C)[C@H]3OCc1ccccc1. The van der Waals surface area contributed by atoms with Crippen molar-refractivity contribution in [2.75, 3.05) is 6.61 Å². The van der Waals surface area contributed by atoms with Crippen molar-refractivity contribution in [2.45, 2.75) is 83.3 Å². The maximum absolute atomic E-state index is 13.6. The molecule has 1 saturated heterocycles. The van der Waals surface area contributed by atoms with E-state index in [0.29, 0.717) is 19.6 Å². The molecule has 0 aromatic heterocycles. The predicted octanol–water partition coefficient (Wildman–Crippen LogP) is 4.49. The van der Waals surface area contributed by atoms with Crippen LogP contribution in [0.15, 0.2) is 60.7 Å². The number of hydrogen-bond donors (Lipinski definition) is 1. The highest BCUT2D eigenvalue weighted by atomic mass is 16.6. The Balaban J connectivity index is 1.48. The van der Waals surface area contributed by atoms with Crippen LogP contribution in [-0.4, -0.2) is 53.5 Å². The van der Waals surface area contributed by atoms with Crippen LogP contribution in [0, 0.1) is 23.7 Å². The van der Waals surface area contributed by atoms with Gasteiger partial charge in [0.15, 0.2) is 0 Å². The van der Waals surface area contributed by atoms with Crippen LogP contribution in [0.5, 0.6) is 0 Å². The number of Topliss-reactive ketones (excluding diaryl/α,β-unsaturated/α-hetero) is 1. The topological polar surface area (TPSA) is 91.3 Å². The minimum atomic E-state index is -1.16. The van der Waals surface area contributed by atoms with Gasteiger partial charge in [0.05, 0.1) is 50.2 Å². The Kier molecular flexibility index (Phi) is 8.52. The summed E-state index contributed by atoms with van der Waals surface area (Å²) in [4.78, 5) is 25.9. The lowest BCUT2D eigenvalue weighted by Crippen LogP contribution is -2.63. The molecule has 210 valence electrons. The molecule has 7 heteroatoms. The van der Waals surface area contributed by atoms with Gasteiger partial charge < -0.3 is 24.1 Å². The molecule has 4 bridgehead atoms. The summed E-state index contributed by atoms with van der Waals surface area (Å²) in [5.74, 6) is -1.32. The smallest absolute Gasteiger partial charge is 0.305 e. The number of rotatable bonds is 11. The fraction of sp³-hybridized carbons (Fsp3) is 0.562. The zero-order valence-corrected chi connectivity index (χ0v) is 23.0. The average Bonchev–Trinajstić information content (AvgIpc) is 3.11. The van der Waals surface area contributed by atoms with E-state index in [1.54, 1.807) is 13.8 Å². The number of esters is 1. The summed E-state index contributed by atoms with van der Waals surface area (Å²) in [7, 11) is 0. The largest absolute Gasteiger partial charge is 0.466 e. The van der Waals surface area contributed by atoms with Gasteiger partial charge >= 0.3 is 5.97 Å². The first-order valence-corrected chi connectivity index (χ1v) is 14.2. The van der Waals surface area contributed by atoms with E-state index in [-0.39, 0.29) is 67.3 Å². The van der Waals surface area contributed by atoms with Gasteiger partial charge in [0.1, 0.15) is 11.4 Å². The molecule has 1 aliphatic heterocycles. The maximum Gasteiger partial charge on any atom is 0.305 e. The Morgan fingerprint density at radius 2 is 1.62 bits per heavy atom. The molecule has 9 atom stereocenters. The summed E-state index contributed by atoms with van der Waals surface area (Å²) in [6, 6.07) is 20.0. The Labute approximate surface area is 230 Å². The van der Waals surface area contributed by atoms with Crippen molar-refractivity contribution in [3.05, 3.63) is 71.8 Å². The number of ether oxygens (including phenoxy) is 4. The monoisotopic (exact) mass is 536 g/mol. The second kappa shape index (κ2) is 11.9.